The maximum Gasteiger partial charge on any atom is 0.224 e. The first kappa shape index (κ1) is 14.6. The van der Waals surface area contributed by atoms with E-state index in [0.717, 1.165) is 27.0 Å². The Morgan fingerprint density at radius 3 is 2.75 bits per heavy atom. The van der Waals surface area contributed by atoms with Crippen LogP contribution in [0.2, 0.25) is 0 Å². The van der Waals surface area contributed by atoms with Gasteiger partial charge >= 0.3 is 0 Å². The molecule has 0 saturated carbocycles. The van der Waals surface area contributed by atoms with Gasteiger partial charge < -0.3 is 11.1 Å². The molecule has 4 heteroatoms. The third kappa shape index (κ3) is 3.84. The minimum absolute atomic E-state index is 0.0143. The van der Waals surface area contributed by atoms with Crippen molar-refractivity contribution in [1.29, 1.82) is 0 Å². The van der Waals surface area contributed by atoms with Gasteiger partial charge in [0.15, 0.2) is 0 Å². The Labute approximate surface area is 127 Å². The molecule has 0 bridgehead atoms. The van der Waals surface area contributed by atoms with Crippen LogP contribution in [0.25, 0.3) is 0 Å². The second-order valence-corrected chi connectivity index (χ2v) is 5.58. The lowest BCUT2D eigenvalue weighted by molar-refractivity contribution is -0.116. The molecule has 0 radical (unpaired) electrons. The van der Waals surface area contributed by atoms with Crippen LogP contribution in [-0.2, 0) is 11.2 Å². The molecule has 0 aliphatic carbocycles. The first-order chi connectivity index (χ1) is 9.56. The Morgan fingerprint density at radius 2 is 2.00 bits per heavy atom. The molecule has 2 aromatic carbocycles. The van der Waals surface area contributed by atoms with Gasteiger partial charge in [-0.2, -0.15) is 0 Å². The second-order valence-electron chi connectivity index (χ2n) is 4.73. The van der Waals surface area contributed by atoms with E-state index in [4.69, 9.17) is 5.73 Å². The highest BCUT2D eigenvalue weighted by atomic mass is 79.9. The molecular weight excluding hydrogens is 316 g/mol. The van der Waals surface area contributed by atoms with E-state index in [2.05, 4.69) is 21.2 Å². The number of aryl methyl sites for hydroxylation is 2. The highest BCUT2D eigenvalue weighted by Crippen LogP contribution is 2.23. The largest absolute Gasteiger partial charge is 0.399 e. The van der Waals surface area contributed by atoms with Gasteiger partial charge in [0, 0.05) is 16.6 Å². The molecule has 104 valence electrons. The summed E-state index contributed by atoms with van der Waals surface area (Å²) in [5.41, 5.74) is 9.51. The van der Waals surface area contributed by atoms with E-state index in [1.165, 1.54) is 0 Å². The van der Waals surface area contributed by atoms with E-state index >= 15 is 0 Å². The van der Waals surface area contributed by atoms with Crippen LogP contribution in [0.1, 0.15) is 17.5 Å². The number of nitrogens with one attached hydrogen (secondary N) is 1. The number of carbonyl (C=O) groups is 1. The van der Waals surface area contributed by atoms with Gasteiger partial charge in [0.1, 0.15) is 0 Å². The maximum absolute atomic E-state index is 12.0. The zero-order chi connectivity index (χ0) is 14.5. The van der Waals surface area contributed by atoms with E-state index < -0.39 is 0 Å². The van der Waals surface area contributed by atoms with Crippen LogP contribution >= 0.6 is 15.9 Å². The minimum Gasteiger partial charge on any atom is -0.399 e. The Bertz CT molecular complexity index is 626. The van der Waals surface area contributed by atoms with Crippen molar-refractivity contribution in [2.45, 2.75) is 19.8 Å². The molecule has 0 aliphatic rings. The van der Waals surface area contributed by atoms with Crippen molar-refractivity contribution in [3.63, 3.8) is 0 Å². The van der Waals surface area contributed by atoms with Crippen LogP contribution in [-0.4, -0.2) is 5.91 Å². The highest BCUT2D eigenvalue weighted by molar-refractivity contribution is 9.10. The molecule has 0 unspecified atom stereocenters. The van der Waals surface area contributed by atoms with Gasteiger partial charge in [-0.1, -0.05) is 24.3 Å². The number of hydrogen-bond donors (Lipinski definition) is 2. The van der Waals surface area contributed by atoms with E-state index in [0.29, 0.717) is 12.8 Å². The van der Waals surface area contributed by atoms with Crippen LogP contribution in [0.4, 0.5) is 11.4 Å². The Balaban J connectivity index is 1.96. The summed E-state index contributed by atoms with van der Waals surface area (Å²) in [6.45, 7) is 1.99. The first-order valence-corrected chi connectivity index (χ1v) is 7.25. The van der Waals surface area contributed by atoms with Gasteiger partial charge in [-0.15, -0.1) is 0 Å². The third-order valence-electron chi connectivity index (χ3n) is 3.07. The number of nitrogen functional groups attached to an aromatic ring is 1. The first-order valence-electron chi connectivity index (χ1n) is 6.45. The van der Waals surface area contributed by atoms with Crippen molar-refractivity contribution < 1.29 is 4.79 Å². The molecule has 2 aromatic rings. The lowest BCUT2D eigenvalue weighted by atomic mass is 10.1. The Morgan fingerprint density at radius 1 is 1.25 bits per heavy atom. The summed E-state index contributed by atoms with van der Waals surface area (Å²) in [6.07, 6.45) is 1.05. The van der Waals surface area contributed by atoms with Gasteiger partial charge in [0.2, 0.25) is 5.91 Å². The Hall–Kier alpha value is -1.81. The van der Waals surface area contributed by atoms with Gasteiger partial charge in [-0.3, -0.25) is 4.79 Å². The Kier molecular flexibility index (Phi) is 4.79. The zero-order valence-electron chi connectivity index (χ0n) is 11.3. The number of anilines is 2. The van der Waals surface area contributed by atoms with Crippen molar-refractivity contribution in [2.75, 3.05) is 11.1 Å². The fraction of sp³-hybridized carbons (Fsp3) is 0.188. The van der Waals surface area contributed by atoms with Crippen molar-refractivity contribution >= 4 is 33.2 Å². The maximum atomic E-state index is 12.0. The number of rotatable bonds is 4. The smallest absolute Gasteiger partial charge is 0.224 e. The fourth-order valence-corrected chi connectivity index (χ4v) is 2.30. The number of nitrogens with two attached hydrogens (primary N) is 1. The number of hydrogen-bond acceptors (Lipinski definition) is 2. The lowest BCUT2D eigenvalue weighted by Gasteiger charge is -2.09. The molecule has 0 aliphatic heterocycles. The summed E-state index contributed by atoms with van der Waals surface area (Å²) in [4.78, 5) is 12.0. The van der Waals surface area contributed by atoms with Gasteiger partial charge in [-0.05, 0) is 58.6 Å². The average Bonchev–Trinajstić information content (AvgIpc) is 2.42. The number of amides is 1. The molecule has 0 heterocycles. The molecular formula is C16H17BrN2O. The van der Waals surface area contributed by atoms with E-state index in [-0.39, 0.29) is 5.91 Å². The van der Waals surface area contributed by atoms with Crippen LogP contribution in [0, 0.1) is 6.92 Å². The molecule has 1 amide bonds. The third-order valence-corrected chi connectivity index (χ3v) is 3.76. The summed E-state index contributed by atoms with van der Waals surface area (Å²) in [6, 6.07) is 13.5. The fourth-order valence-electron chi connectivity index (χ4n) is 1.96. The molecule has 3 N–H and O–H groups in total. The summed E-state index contributed by atoms with van der Waals surface area (Å²) in [7, 11) is 0. The summed E-state index contributed by atoms with van der Waals surface area (Å²) < 4.78 is 0.885. The molecule has 0 spiro atoms. The number of benzene rings is 2. The monoisotopic (exact) mass is 332 g/mol. The van der Waals surface area contributed by atoms with E-state index in [1.54, 1.807) is 0 Å². The van der Waals surface area contributed by atoms with Crippen molar-refractivity contribution in [3.8, 4) is 0 Å². The van der Waals surface area contributed by atoms with Crippen molar-refractivity contribution in [2.24, 2.45) is 0 Å². The van der Waals surface area contributed by atoms with Crippen molar-refractivity contribution in [3.05, 3.63) is 58.1 Å². The molecule has 20 heavy (non-hydrogen) atoms. The SMILES string of the molecule is Cc1ccc(Br)c(NC(=O)CCc2ccccc2N)c1. The second kappa shape index (κ2) is 6.57. The van der Waals surface area contributed by atoms with E-state index in [1.807, 2.05) is 49.4 Å². The highest BCUT2D eigenvalue weighted by Gasteiger charge is 2.07. The molecule has 3 nitrogen and oxygen atoms in total. The van der Waals surface area contributed by atoms with Gasteiger partial charge in [-0.25, -0.2) is 0 Å². The van der Waals surface area contributed by atoms with Crippen LogP contribution in [0.15, 0.2) is 46.9 Å². The lowest BCUT2D eigenvalue weighted by Crippen LogP contribution is -2.13. The predicted octanol–water partition coefficient (Wildman–Crippen LogP) is 3.91. The van der Waals surface area contributed by atoms with E-state index in [9.17, 15) is 4.79 Å². The minimum atomic E-state index is -0.0143. The van der Waals surface area contributed by atoms with Gasteiger partial charge in [0.25, 0.3) is 0 Å². The summed E-state index contributed by atoms with van der Waals surface area (Å²) in [5.74, 6) is -0.0143. The number of halogens is 1. The standard InChI is InChI=1S/C16H17BrN2O/c1-11-6-8-13(17)15(10-11)19-16(20)9-7-12-4-2-3-5-14(12)18/h2-6,8,10H,7,9,18H2,1H3,(H,19,20). The van der Waals surface area contributed by atoms with Crippen LogP contribution in [0.5, 0.6) is 0 Å². The number of carbonyl (C=O) groups excluding carboxylic acids is 1. The van der Waals surface area contributed by atoms with Crippen molar-refractivity contribution in [1.82, 2.24) is 0 Å². The molecule has 0 saturated heterocycles. The normalized spacial score (nSPS) is 10.3. The average molecular weight is 333 g/mol. The van der Waals surface area contributed by atoms with Crippen LogP contribution < -0.4 is 11.1 Å². The van der Waals surface area contributed by atoms with Gasteiger partial charge in [0.05, 0.1) is 5.69 Å². The summed E-state index contributed by atoms with van der Waals surface area (Å²) in [5, 5.41) is 2.91. The molecule has 0 atom stereocenters. The van der Waals surface area contributed by atoms with Crippen LogP contribution in [0.3, 0.4) is 0 Å². The number of para-hydroxylation sites is 1. The zero-order valence-corrected chi connectivity index (χ0v) is 12.9. The molecule has 2 rings (SSSR count). The molecule has 0 aromatic heterocycles. The summed E-state index contributed by atoms with van der Waals surface area (Å²) >= 11 is 3.43. The predicted molar refractivity (Wildman–Crippen MR) is 86.7 cm³/mol. The quantitative estimate of drug-likeness (QED) is 0.834. The topological polar surface area (TPSA) is 55.1 Å². The molecule has 0 fully saturated rings.